The fraction of sp³-hybridized carbons (Fsp3) is 0.286. The van der Waals surface area contributed by atoms with Crippen LogP contribution >= 0.6 is 0 Å². The van der Waals surface area contributed by atoms with E-state index < -0.39 is 0 Å². The molecule has 2 heterocycles. The van der Waals surface area contributed by atoms with Gasteiger partial charge < -0.3 is 9.73 Å². The lowest BCUT2D eigenvalue weighted by Crippen LogP contribution is -2.13. The Labute approximate surface area is 74.4 Å². The van der Waals surface area contributed by atoms with Crippen LogP contribution in [0.15, 0.2) is 23.3 Å². The molecule has 6 heteroatoms. The first kappa shape index (κ1) is 7.93. The Morgan fingerprint density at radius 3 is 3.15 bits per heavy atom. The number of rotatable bonds is 4. The molecular weight excluding hydrogens is 170 g/mol. The van der Waals surface area contributed by atoms with E-state index in [-0.39, 0.29) is 0 Å². The highest BCUT2D eigenvalue weighted by molar-refractivity contribution is 4.88. The van der Waals surface area contributed by atoms with E-state index in [1.807, 2.05) is 0 Å². The average molecular weight is 179 g/mol. The van der Waals surface area contributed by atoms with Crippen molar-refractivity contribution in [2.24, 2.45) is 0 Å². The molecule has 0 atom stereocenters. The van der Waals surface area contributed by atoms with Crippen LogP contribution in [0, 0.1) is 0 Å². The van der Waals surface area contributed by atoms with E-state index in [1.54, 1.807) is 6.20 Å². The van der Waals surface area contributed by atoms with E-state index in [2.05, 4.69) is 25.5 Å². The minimum atomic E-state index is 0.640. The number of oxazole rings is 1. The van der Waals surface area contributed by atoms with Gasteiger partial charge in [-0.3, -0.25) is 5.10 Å². The van der Waals surface area contributed by atoms with Crippen molar-refractivity contribution in [1.82, 2.24) is 25.5 Å². The van der Waals surface area contributed by atoms with Gasteiger partial charge in [0.25, 0.3) is 0 Å². The van der Waals surface area contributed by atoms with E-state index in [4.69, 9.17) is 4.42 Å². The molecular formula is C7H9N5O. The Bertz CT molecular complexity index is 293. The summed E-state index contributed by atoms with van der Waals surface area (Å²) in [6.07, 6.45) is 4.56. The lowest BCUT2D eigenvalue weighted by Gasteiger charge is -1.97. The molecule has 0 aliphatic carbocycles. The summed E-state index contributed by atoms with van der Waals surface area (Å²) in [5, 5.41) is 9.60. The van der Waals surface area contributed by atoms with Gasteiger partial charge >= 0.3 is 0 Å². The maximum atomic E-state index is 5.03. The van der Waals surface area contributed by atoms with Gasteiger partial charge in [-0.25, -0.2) is 9.97 Å². The number of aromatic amines is 1. The molecule has 2 N–H and O–H groups in total. The highest BCUT2D eigenvalue weighted by Crippen LogP contribution is 1.95. The molecule has 0 spiro atoms. The van der Waals surface area contributed by atoms with Crippen molar-refractivity contribution in [2.45, 2.75) is 13.1 Å². The number of hydrogen-bond acceptors (Lipinski definition) is 5. The zero-order chi connectivity index (χ0) is 8.93. The van der Waals surface area contributed by atoms with Gasteiger partial charge in [0.15, 0.2) is 6.39 Å². The number of nitrogens with zero attached hydrogens (tertiary/aromatic N) is 3. The van der Waals surface area contributed by atoms with Crippen LogP contribution in [-0.2, 0) is 13.1 Å². The average Bonchev–Trinajstić information content (AvgIpc) is 2.75. The molecule has 68 valence electrons. The van der Waals surface area contributed by atoms with Crippen LogP contribution in [0.1, 0.15) is 11.6 Å². The van der Waals surface area contributed by atoms with Crippen LogP contribution in [0.4, 0.5) is 0 Å². The normalized spacial score (nSPS) is 10.5. The Morgan fingerprint density at radius 1 is 1.46 bits per heavy atom. The molecule has 6 nitrogen and oxygen atoms in total. The smallest absolute Gasteiger partial charge is 0.180 e. The largest absolute Gasteiger partial charge is 0.447 e. The molecule has 13 heavy (non-hydrogen) atoms. The molecule has 0 aliphatic rings. The fourth-order valence-electron chi connectivity index (χ4n) is 0.950. The molecule has 0 aromatic carbocycles. The summed E-state index contributed by atoms with van der Waals surface area (Å²) in [5.41, 5.74) is 0. The van der Waals surface area contributed by atoms with Crippen molar-refractivity contribution in [3.05, 3.63) is 30.5 Å². The minimum Gasteiger partial charge on any atom is -0.447 e. The van der Waals surface area contributed by atoms with Crippen molar-refractivity contribution >= 4 is 0 Å². The molecule has 0 saturated carbocycles. The molecule has 2 rings (SSSR count). The third-order valence-corrected chi connectivity index (χ3v) is 1.54. The van der Waals surface area contributed by atoms with Gasteiger partial charge in [0, 0.05) is 0 Å². The highest BCUT2D eigenvalue weighted by atomic mass is 16.3. The van der Waals surface area contributed by atoms with E-state index in [9.17, 15) is 0 Å². The zero-order valence-electron chi connectivity index (χ0n) is 6.90. The SMILES string of the molecule is c1n[nH]c(CNCc2cnco2)n1. The molecule has 2 aromatic rings. The van der Waals surface area contributed by atoms with E-state index in [0.717, 1.165) is 11.6 Å². The summed E-state index contributed by atoms with van der Waals surface area (Å²) in [7, 11) is 0. The topological polar surface area (TPSA) is 79.6 Å². The summed E-state index contributed by atoms with van der Waals surface area (Å²) in [6, 6.07) is 0. The summed E-state index contributed by atoms with van der Waals surface area (Å²) in [5.74, 6) is 1.61. The van der Waals surface area contributed by atoms with Crippen LogP contribution in [0.25, 0.3) is 0 Å². The van der Waals surface area contributed by atoms with Crippen molar-refractivity contribution in [3.63, 3.8) is 0 Å². The van der Waals surface area contributed by atoms with Crippen LogP contribution in [0.3, 0.4) is 0 Å². The molecule has 0 radical (unpaired) electrons. The van der Waals surface area contributed by atoms with Gasteiger partial charge in [-0.1, -0.05) is 0 Å². The summed E-state index contributed by atoms with van der Waals surface area (Å²) < 4.78 is 5.03. The number of aromatic nitrogens is 4. The van der Waals surface area contributed by atoms with E-state index in [0.29, 0.717) is 13.1 Å². The van der Waals surface area contributed by atoms with Crippen LogP contribution < -0.4 is 5.32 Å². The van der Waals surface area contributed by atoms with Crippen LogP contribution in [-0.4, -0.2) is 20.2 Å². The van der Waals surface area contributed by atoms with Crippen molar-refractivity contribution in [1.29, 1.82) is 0 Å². The summed E-state index contributed by atoms with van der Waals surface area (Å²) >= 11 is 0. The Balaban J connectivity index is 1.76. The van der Waals surface area contributed by atoms with Crippen LogP contribution in [0.2, 0.25) is 0 Å². The minimum absolute atomic E-state index is 0.640. The van der Waals surface area contributed by atoms with Gasteiger partial charge in [0.1, 0.15) is 17.9 Å². The second-order valence-electron chi connectivity index (χ2n) is 2.50. The standard InChI is InChI=1S/C7H9N5O/c1(6-2-9-5-13-6)8-3-7-10-4-11-12-7/h2,4-5,8H,1,3H2,(H,10,11,12). The van der Waals surface area contributed by atoms with Crippen molar-refractivity contribution in [2.75, 3.05) is 0 Å². The first-order valence-electron chi connectivity index (χ1n) is 3.87. The second-order valence-corrected chi connectivity index (χ2v) is 2.50. The third kappa shape index (κ3) is 2.12. The Hall–Kier alpha value is -1.69. The fourth-order valence-corrected chi connectivity index (χ4v) is 0.950. The number of H-pyrrole nitrogens is 1. The quantitative estimate of drug-likeness (QED) is 0.694. The maximum absolute atomic E-state index is 5.03. The van der Waals surface area contributed by atoms with Gasteiger partial charge in [-0.15, -0.1) is 0 Å². The predicted octanol–water partition coefficient (Wildman–Crippen LogP) is 0.0825. The van der Waals surface area contributed by atoms with Gasteiger partial charge in [0.05, 0.1) is 19.3 Å². The Kier molecular flexibility index (Phi) is 2.33. The number of hydrogen-bond donors (Lipinski definition) is 2. The van der Waals surface area contributed by atoms with Crippen molar-refractivity contribution < 1.29 is 4.42 Å². The second kappa shape index (κ2) is 3.81. The molecule has 0 aliphatic heterocycles. The molecule has 0 unspecified atom stereocenters. The lowest BCUT2D eigenvalue weighted by molar-refractivity contribution is 0.476. The van der Waals surface area contributed by atoms with Crippen LogP contribution in [0.5, 0.6) is 0 Å². The van der Waals surface area contributed by atoms with E-state index >= 15 is 0 Å². The van der Waals surface area contributed by atoms with Crippen molar-refractivity contribution in [3.8, 4) is 0 Å². The molecule has 0 fully saturated rings. The summed E-state index contributed by atoms with van der Waals surface area (Å²) in [6.45, 7) is 1.28. The first-order valence-corrected chi connectivity index (χ1v) is 3.87. The molecule has 2 aromatic heterocycles. The Morgan fingerprint density at radius 2 is 2.46 bits per heavy atom. The van der Waals surface area contributed by atoms with Gasteiger partial charge in [0.2, 0.25) is 0 Å². The highest BCUT2D eigenvalue weighted by Gasteiger charge is 1.97. The molecule has 0 bridgehead atoms. The lowest BCUT2D eigenvalue weighted by atomic mass is 10.5. The number of nitrogens with one attached hydrogen (secondary N) is 2. The molecule has 0 saturated heterocycles. The molecule has 0 amide bonds. The third-order valence-electron chi connectivity index (χ3n) is 1.54. The monoisotopic (exact) mass is 179 g/mol. The summed E-state index contributed by atoms with van der Waals surface area (Å²) in [4.78, 5) is 7.76. The van der Waals surface area contributed by atoms with E-state index in [1.165, 1.54) is 12.7 Å². The maximum Gasteiger partial charge on any atom is 0.180 e. The zero-order valence-corrected chi connectivity index (χ0v) is 6.90. The van der Waals surface area contributed by atoms with Gasteiger partial charge in [-0.2, -0.15) is 5.10 Å². The van der Waals surface area contributed by atoms with Gasteiger partial charge in [-0.05, 0) is 0 Å². The first-order chi connectivity index (χ1) is 6.45. The predicted molar refractivity (Wildman–Crippen MR) is 43.4 cm³/mol.